The average Bonchev–Trinajstić information content (AvgIpc) is 2.62. The number of unbranched alkanes of at least 4 members (excludes halogenated alkanes) is 2. The predicted octanol–water partition coefficient (Wildman–Crippen LogP) is 1.05. The van der Waals surface area contributed by atoms with Crippen LogP contribution in [0.5, 0.6) is 5.75 Å². The van der Waals surface area contributed by atoms with E-state index < -0.39 is 0 Å². The number of ether oxygens (including phenoxy) is 1. The van der Waals surface area contributed by atoms with E-state index in [0.717, 1.165) is 53.9 Å². The van der Waals surface area contributed by atoms with Gasteiger partial charge in [-0.3, -0.25) is 10.3 Å². The summed E-state index contributed by atoms with van der Waals surface area (Å²) in [7, 11) is 0. The van der Waals surface area contributed by atoms with Gasteiger partial charge in [-0.05, 0) is 31.9 Å². The Morgan fingerprint density at radius 3 is 2.08 bits per heavy atom. The van der Waals surface area contributed by atoms with E-state index in [-0.39, 0.29) is 12.4 Å². The van der Waals surface area contributed by atoms with Gasteiger partial charge in [0.15, 0.2) is 0 Å². The molecule has 0 atom stereocenters. The van der Waals surface area contributed by atoms with Gasteiger partial charge in [-0.1, -0.05) is 51.0 Å². The molecule has 0 bridgehead atoms. The Labute approximate surface area is 158 Å². The summed E-state index contributed by atoms with van der Waals surface area (Å²) in [6.07, 6.45) is 4.67. The quantitative estimate of drug-likeness (QED) is 0.508. The molecule has 2 rings (SSSR count). The summed E-state index contributed by atoms with van der Waals surface area (Å²) in [5, 5.41) is 11.0. The first-order valence-corrected chi connectivity index (χ1v) is 9.31. The molecule has 0 unspecified atom stereocenters. The van der Waals surface area contributed by atoms with Crippen molar-refractivity contribution in [3.63, 3.8) is 0 Å². The van der Waals surface area contributed by atoms with Crippen molar-refractivity contribution in [1.29, 1.82) is 5.41 Å². The zero-order valence-corrected chi connectivity index (χ0v) is 16.5. The van der Waals surface area contributed by atoms with Gasteiger partial charge in [0, 0.05) is 10.8 Å². The van der Waals surface area contributed by atoms with E-state index >= 15 is 0 Å². The molecule has 4 heteroatoms. The van der Waals surface area contributed by atoms with Crippen molar-refractivity contribution in [2.24, 2.45) is 0 Å². The van der Waals surface area contributed by atoms with Crippen LogP contribution in [0, 0.1) is 5.41 Å². The van der Waals surface area contributed by atoms with E-state index in [0.29, 0.717) is 6.61 Å². The number of benzene rings is 2. The molecule has 2 aromatic carbocycles. The van der Waals surface area contributed by atoms with Gasteiger partial charge >= 0.3 is 0 Å². The number of amidine groups is 1. The second-order valence-corrected chi connectivity index (χ2v) is 6.28. The molecule has 0 amide bonds. The third-order valence-electron chi connectivity index (χ3n) is 4.47. The third kappa shape index (κ3) is 5.45. The van der Waals surface area contributed by atoms with Crippen molar-refractivity contribution in [1.82, 2.24) is 0 Å². The van der Waals surface area contributed by atoms with Gasteiger partial charge in [0.05, 0.1) is 25.3 Å². The largest absolute Gasteiger partial charge is 1.00 e. The van der Waals surface area contributed by atoms with Crippen LogP contribution < -0.4 is 22.0 Å². The van der Waals surface area contributed by atoms with Crippen LogP contribution in [0.25, 0.3) is 10.8 Å². The molecule has 0 saturated carbocycles. The number of hydrogen-bond donors (Lipinski definition) is 2. The highest BCUT2D eigenvalue weighted by Gasteiger charge is 2.20. The monoisotopic (exact) mass is 362 g/mol. The van der Waals surface area contributed by atoms with Gasteiger partial charge in [0.25, 0.3) is 0 Å². The van der Waals surface area contributed by atoms with Crippen LogP contribution >= 0.6 is 0 Å². The summed E-state index contributed by atoms with van der Waals surface area (Å²) in [5.74, 6) is 1.63. The van der Waals surface area contributed by atoms with Crippen LogP contribution in [-0.4, -0.2) is 25.5 Å². The lowest BCUT2D eigenvalue weighted by molar-refractivity contribution is -0.806. The first-order chi connectivity index (χ1) is 11.7. The Morgan fingerprint density at radius 1 is 0.920 bits per heavy atom. The molecular weight excluding hydrogens is 332 g/mol. The number of halogens is 1. The smallest absolute Gasteiger partial charge is 0.226 e. The van der Waals surface area contributed by atoms with Crippen LogP contribution in [0.2, 0.25) is 0 Å². The fraction of sp³-hybridized carbons (Fsp3) is 0.476. The minimum Gasteiger partial charge on any atom is -1.00 e. The molecule has 25 heavy (non-hydrogen) atoms. The molecule has 0 fully saturated rings. The number of quaternary nitrogens is 1. The van der Waals surface area contributed by atoms with E-state index in [2.05, 4.69) is 32.0 Å². The van der Waals surface area contributed by atoms with Crippen molar-refractivity contribution in [2.75, 3.05) is 19.7 Å². The van der Waals surface area contributed by atoms with E-state index in [1.165, 1.54) is 17.7 Å². The van der Waals surface area contributed by atoms with Crippen LogP contribution in [0.3, 0.4) is 0 Å². The summed E-state index contributed by atoms with van der Waals surface area (Å²) in [6, 6.07) is 12.4. The van der Waals surface area contributed by atoms with Gasteiger partial charge in [0.1, 0.15) is 5.75 Å². The first-order valence-electron chi connectivity index (χ1n) is 9.31. The van der Waals surface area contributed by atoms with Crippen molar-refractivity contribution in [2.45, 2.75) is 46.5 Å². The third-order valence-corrected chi connectivity index (χ3v) is 4.47. The van der Waals surface area contributed by atoms with Gasteiger partial charge in [0.2, 0.25) is 5.84 Å². The average molecular weight is 363 g/mol. The van der Waals surface area contributed by atoms with Gasteiger partial charge < -0.3 is 17.1 Å². The van der Waals surface area contributed by atoms with Crippen LogP contribution in [0.15, 0.2) is 36.4 Å². The minimum atomic E-state index is 0. The second kappa shape index (κ2) is 11.1. The summed E-state index contributed by atoms with van der Waals surface area (Å²) >= 11 is 0. The maximum atomic E-state index is 8.82. The standard InChI is InChI=1S/C21H30N2O.ClH/c1-4-7-15-23(16-8-5-2)21(22)19-13-14-20(24-6-3)18-12-10-9-11-17(18)19;/h9-14,22H,4-8,15-16H2,1-3H3;1H. The lowest BCUT2D eigenvalue weighted by atomic mass is 10.0. The van der Waals surface area contributed by atoms with E-state index in [1.54, 1.807) is 0 Å². The zero-order chi connectivity index (χ0) is 17.4. The van der Waals surface area contributed by atoms with Crippen LogP contribution in [0.1, 0.15) is 52.0 Å². The lowest BCUT2D eigenvalue weighted by Crippen LogP contribution is -3.14. The molecule has 2 aromatic rings. The Hall–Kier alpha value is -1.58. The summed E-state index contributed by atoms with van der Waals surface area (Å²) < 4.78 is 5.77. The molecule has 2 N–H and O–H groups in total. The Morgan fingerprint density at radius 2 is 1.52 bits per heavy atom. The number of hydrogen-bond acceptors (Lipinski definition) is 2. The maximum absolute atomic E-state index is 8.82. The molecule has 0 aromatic heterocycles. The number of rotatable bonds is 9. The summed E-state index contributed by atoms with van der Waals surface area (Å²) in [4.78, 5) is 1.30. The van der Waals surface area contributed by atoms with E-state index in [4.69, 9.17) is 10.1 Å². The van der Waals surface area contributed by atoms with Crippen molar-refractivity contribution in [3.8, 4) is 5.75 Å². The summed E-state index contributed by atoms with van der Waals surface area (Å²) in [5.41, 5.74) is 1.04. The molecule has 138 valence electrons. The first kappa shape index (κ1) is 21.5. The Bertz CT molecular complexity index is 664. The lowest BCUT2D eigenvalue weighted by Gasteiger charge is -2.20. The predicted molar refractivity (Wildman–Crippen MR) is 102 cm³/mol. The van der Waals surface area contributed by atoms with Crippen LogP contribution in [0.4, 0.5) is 0 Å². The summed E-state index contributed by atoms with van der Waals surface area (Å²) in [6.45, 7) is 9.17. The normalized spacial score (nSPS) is 10.7. The minimum absolute atomic E-state index is 0. The Balaban J connectivity index is 0.00000312. The molecule has 0 heterocycles. The molecule has 0 aliphatic carbocycles. The molecule has 0 saturated heterocycles. The van der Waals surface area contributed by atoms with Gasteiger partial charge in [-0.2, -0.15) is 0 Å². The number of nitrogens with one attached hydrogen (secondary N) is 2. The fourth-order valence-corrected chi connectivity index (χ4v) is 3.12. The molecule has 0 aliphatic heterocycles. The second-order valence-electron chi connectivity index (χ2n) is 6.28. The molecule has 0 aliphatic rings. The Kier molecular flexibility index (Phi) is 9.54. The SMILES string of the molecule is CCCC[NH+](CCCC)C(=N)c1ccc(OCC)c2ccccc12.[Cl-]. The molecule has 0 radical (unpaired) electrons. The zero-order valence-electron chi connectivity index (χ0n) is 15.7. The van der Waals surface area contributed by atoms with E-state index in [9.17, 15) is 0 Å². The molecule has 3 nitrogen and oxygen atoms in total. The van der Waals surface area contributed by atoms with Crippen LogP contribution in [-0.2, 0) is 0 Å². The van der Waals surface area contributed by atoms with Crippen molar-refractivity contribution >= 4 is 16.6 Å². The highest BCUT2D eigenvalue weighted by Crippen LogP contribution is 2.28. The highest BCUT2D eigenvalue weighted by molar-refractivity contribution is 6.06. The van der Waals surface area contributed by atoms with Gasteiger partial charge in [-0.15, -0.1) is 0 Å². The maximum Gasteiger partial charge on any atom is 0.226 e. The highest BCUT2D eigenvalue weighted by atomic mass is 35.5. The molecular formula is C21H31ClN2O. The molecule has 0 spiro atoms. The van der Waals surface area contributed by atoms with E-state index in [1.807, 2.05) is 25.1 Å². The van der Waals surface area contributed by atoms with Crippen molar-refractivity contribution < 1.29 is 22.0 Å². The number of fused-ring (bicyclic) bond motifs is 1. The topological polar surface area (TPSA) is 37.5 Å². The van der Waals surface area contributed by atoms with Gasteiger partial charge in [-0.25, -0.2) is 0 Å². The fourth-order valence-electron chi connectivity index (χ4n) is 3.12. The van der Waals surface area contributed by atoms with Crippen molar-refractivity contribution in [3.05, 3.63) is 42.0 Å².